The fraction of sp³-hybridized carbons (Fsp3) is 0.359. The SMILES string of the molecule is COc1ccncc1-c1cc(C2=CCCN(C(=O)CCn3ccnn3)C2)c(F)c2[nH]c(C(=O)N3CCN(c4ccc(C5CC5)cc4OC)CC3)cc12. The number of aryl methyl sites for hydroxylation is 1. The lowest BCUT2D eigenvalue weighted by molar-refractivity contribution is -0.131. The van der Waals surface area contributed by atoms with Crippen LogP contribution in [0.1, 0.15) is 53.2 Å². The monoisotopic (exact) mass is 704 g/mol. The number of nitrogens with one attached hydrogen (secondary N) is 1. The number of halogens is 1. The number of methoxy groups -OCH3 is 2. The van der Waals surface area contributed by atoms with Crippen LogP contribution in [0.4, 0.5) is 10.1 Å². The number of aromatic amines is 1. The molecule has 2 aliphatic heterocycles. The van der Waals surface area contributed by atoms with Crippen LogP contribution >= 0.6 is 0 Å². The Balaban J connectivity index is 1.07. The van der Waals surface area contributed by atoms with Crippen molar-refractivity contribution >= 4 is 34.0 Å². The predicted octanol–water partition coefficient (Wildman–Crippen LogP) is 5.52. The van der Waals surface area contributed by atoms with Crippen LogP contribution in [0, 0.1) is 5.82 Å². The van der Waals surface area contributed by atoms with Gasteiger partial charge < -0.3 is 29.2 Å². The van der Waals surface area contributed by atoms with Crippen LogP contribution in [-0.2, 0) is 11.3 Å². The highest BCUT2D eigenvalue weighted by Gasteiger charge is 2.30. The van der Waals surface area contributed by atoms with Crippen molar-refractivity contribution in [2.75, 3.05) is 58.4 Å². The summed E-state index contributed by atoms with van der Waals surface area (Å²) in [5.74, 6) is 1.35. The summed E-state index contributed by atoms with van der Waals surface area (Å²) < 4.78 is 29.8. The van der Waals surface area contributed by atoms with Crippen molar-refractivity contribution in [2.45, 2.75) is 38.1 Å². The molecule has 3 aliphatic rings. The first-order chi connectivity index (χ1) is 25.4. The van der Waals surface area contributed by atoms with Crippen LogP contribution in [0.15, 0.2) is 67.3 Å². The van der Waals surface area contributed by atoms with Crippen molar-refractivity contribution in [3.63, 3.8) is 0 Å². The molecule has 0 bridgehead atoms. The summed E-state index contributed by atoms with van der Waals surface area (Å²) >= 11 is 0. The van der Waals surface area contributed by atoms with E-state index in [0.29, 0.717) is 90.7 Å². The van der Waals surface area contributed by atoms with Crippen molar-refractivity contribution in [2.24, 2.45) is 0 Å². The van der Waals surface area contributed by atoms with Gasteiger partial charge >= 0.3 is 0 Å². The van der Waals surface area contributed by atoms with E-state index in [-0.39, 0.29) is 30.3 Å². The molecular weight excluding hydrogens is 663 g/mol. The van der Waals surface area contributed by atoms with E-state index in [1.165, 1.54) is 18.4 Å². The van der Waals surface area contributed by atoms with Crippen LogP contribution in [-0.4, -0.2) is 100 Å². The summed E-state index contributed by atoms with van der Waals surface area (Å²) in [4.78, 5) is 40.5. The number of piperazine rings is 1. The molecule has 1 saturated heterocycles. The Kier molecular flexibility index (Phi) is 9.08. The van der Waals surface area contributed by atoms with E-state index in [9.17, 15) is 9.59 Å². The summed E-state index contributed by atoms with van der Waals surface area (Å²) in [6.45, 7) is 3.51. The van der Waals surface area contributed by atoms with E-state index >= 15 is 4.39 Å². The number of anilines is 1. The van der Waals surface area contributed by atoms with Crippen molar-refractivity contribution in [3.8, 4) is 22.6 Å². The summed E-state index contributed by atoms with van der Waals surface area (Å²) in [5, 5.41) is 8.30. The minimum Gasteiger partial charge on any atom is -0.496 e. The standard InChI is InChI=1S/C39H41FN8O4/c1-51-34-9-11-41-23-31(34)29-21-28(27-4-3-13-47(24-27)36(49)10-14-48-15-12-42-44-48)37(40)38-30(29)22-32(43-38)39(50)46-18-16-45(17-19-46)33-8-7-26(25-5-6-25)20-35(33)52-2/h4,7-9,11-12,15,20-23,25,43H,3,5-6,10,13-14,16-19,24H2,1-2H3. The molecule has 52 heavy (non-hydrogen) atoms. The number of nitrogens with zero attached hydrogens (tertiary/aromatic N) is 7. The normalized spacial score (nSPS) is 16.3. The average molecular weight is 705 g/mol. The molecule has 5 aromatic rings. The van der Waals surface area contributed by atoms with Crippen molar-refractivity contribution in [1.29, 1.82) is 0 Å². The first kappa shape index (κ1) is 33.4. The van der Waals surface area contributed by atoms with Crippen molar-refractivity contribution in [3.05, 3.63) is 89.9 Å². The summed E-state index contributed by atoms with van der Waals surface area (Å²) in [6.07, 6.45) is 11.9. The minimum atomic E-state index is -0.476. The van der Waals surface area contributed by atoms with Gasteiger partial charge in [-0.15, -0.1) is 5.10 Å². The molecule has 1 N–H and O–H groups in total. The second-order valence-corrected chi connectivity index (χ2v) is 13.6. The number of hydrogen-bond donors (Lipinski definition) is 1. The molecule has 5 heterocycles. The van der Waals surface area contributed by atoms with Crippen LogP contribution in [0.5, 0.6) is 11.5 Å². The second-order valence-electron chi connectivity index (χ2n) is 13.6. The van der Waals surface area contributed by atoms with Crippen LogP contribution in [0.25, 0.3) is 27.6 Å². The molecule has 12 nitrogen and oxygen atoms in total. The van der Waals surface area contributed by atoms with E-state index in [2.05, 4.69) is 43.4 Å². The van der Waals surface area contributed by atoms with E-state index in [1.807, 2.05) is 11.0 Å². The van der Waals surface area contributed by atoms with E-state index in [0.717, 1.165) is 11.4 Å². The molecule has 3 aromatic heterocycles. The highest BCUT2D eigenvalue weighted by molar-refractivity contribution is 6.05. The largest absolute Gasteiger partial charge is 0.496 e. The van der Waals surface area contributed by atoms with Gasteiger partial charge in [0, 0.05) is 80.8 Å². The lowest BCUT2D eigenvalue weighted by atomic mass is 9.93. The van der Waals surface area contributed by atoms with Gasteiger partial charge in [0.15, 0.2) is 5.82 Å². The molecule has 0 radical (unpaired) electrons. The molecule has 2 amide bonds. The van der Waals surface area contributed by atoms with Gasteiger partial charge in [-0.05, 0) is 72.2 Å². The first-order valence-electron chi connectivity index (χ1n) is 17.8. The number of H-pyrrole nitrogens is 1. The highest BCUT2D eigenvalue weighted by atomic mass is 19.1. The molecule has 0 atom stereocenters. The fourth-order valence-corrected chi connectivity index (χ4v) is 7.41. The maximum absolute atomic E-state index is 16.7. The van der Waals surface area contributed by atoms with E-state index < -0.39 is 5.82 Å². The maximum Gasteiger partial charge on any atom is 0.270 e. The quantitative estimate of drug-likeness (QED) is 0.202. The summed E-state index contributed by atoms with van der Waals surface area (Å²) in [6, 6.07) is 11.7. The van der Waals surface area contributed by atoms with Gasteiger partial charge in [-0.2, -0.15) is 0 Å². The topological polar surface area (TPSA) is 122 Å². The van der Waals surface area contributed by atoms with Gasteiger partial charge in [0.25, 0.3) is 5.91 Å². The number of carbonyl (C=O) groups is 2. The second kappa shape index (κ2) is 14.1. The maximum atomic E-state index is 16.7. The fourth-order valence-electron chi connectivity index (χ4n) is 7.41. The molecule has 268 valence electrons. The molecule has 1 saturated carbocycles. The Morgan fingerprint density at radius 3 is 2.50 bits per heavy atom. The number of hydrogen-bond acceptors (Lipinski definition) is 8. The number of aromatic nitrogens is 5. The van der Waals surface area contributed by atoms with Crippen molar-refractivity contribution in [1.82, 2.24) is 34.8 Å². The molecule has 2 fully saturated rings. The van der Waals surface area contributed by atoms with Crippen molar-refractivity contribution < 1.29 is 23.5 Å². The zero-order valence-corrected chi connectivity index (χ0v) is 29.3. The molecule has 1 aliphatic carbocycles. The lowest BCUT2D eigenvalue weighted by Crippen LogP contribution is -2.49. The Labute approximate surface area is 300 Å². The highest BCUT2D eigenvalue weighted by Crippen LogP contribution is 2.43. The molecule has 0 spiro atoms. The summed E-state index contributed by atoms with van der Waals surface area (Å²) in [5.41, 5.74) is 5.27. The third-order valence-electron chi connectivity index (χ3n) is 10.4. The molecule has 0 unspecified atom stereocenters. The van der Waals surface area contributed by atoms with Gasteiger partial charge in [-0.3, -0.25) is 19.3 Å². The molecule has 13 heteroatoms. The Hall–Kier alpha value is -5.72. The number of pyridine rings is 1. The zero-order valence-electron chi connectivity index (χ0n) is 29.3. The molecule has 2 aromatic carbocycles. The van der Waals surface area contributed by atoms with Gasteiger partial charge in [-0.25, -0.2) is 4.39 Å². The predicted molar refractivity (Wildman–Crippen MR) is 195 cm³/mol. The van der Waals surface area contributed by atoms with Crippen LogP contribution in [0.2, 0.25) is 0 Å². The number of carbonyl (C=O) groups excluding carboxylic acids is 2. The lowest BCUT2D eigenvalue weighted by Gasteiger charge is -2.36. The van der Waals surface area contributed by atoms with Gasteiger partial charge in [-0.1, -0.05) is 17.4 Å². The number of ether oxygens (including phenoxy) is 2. The van der Waals surface area contributed by atoms with E-state index in [4.69, 9.17) is 9.47 Å². The number of fused-ring (bicyclic) bond motifs is 1. The molecule has 8 rings (SSSR count). The smallest absolute Gasteiger partial charge is 0.270 e. The Morgan fingerprint density at radius 1 is 0.923 bits per heavy atom. The van der Waals surface area contributed by atoms with E-state index in [1.54, 1.807) is 66.8 Å². The first-order valence-corrected chi connectivity index (χ1v) is 17.8. The Morgan fingerprint density at radius 2 is 1.75 bits per heavy atom. The number of amides is 2. The van der Waals surface area contributed by atoms with Gasteiger partial charge in [0.2, 0.25) is 5.91 Å². The third kappa shape index (κ3) is 6.46. The van der Waals surface area contributed by atoms with Gasteiger partial charge in [0.1, 0.15) is 17.2 Å². The Bertz CT molecular complexity index is 2150. The molecular formula is C39H41FN8O4. The average Bonchev–Trinajstić information content (AvgIpc) is 3.72. The number of benzene rings is 2. The van der Waals surface area contributed by atoms with Crippen LogP contribution in [0.3, 0.4) is 0 Å². The number of rotatable bonds is 10. The van der Waals surface area contributed by atoms with Gasteiger partial charge in [0.05, 0.1) is 38.2 Å². The zero-order chi connectivity index (χ0) is 35.8. The minimum absolute atomic E-state index is 0.0432. The summed E-state index contributed by atoms with van der Waals surface area (Å²) in [7, 11) is 3.28. The van der Waals surface area contributed by atoms with Crippen LogP contribution < -0.4 is 14.4 Å². The third-order valence-corrected chi connectivity index (χ3v) is 10.4.